The van der Waals surface area contributed by atoms with Crippen LogP contribution in [0.3, 0.4) is 0 Å². The van der Waals surface area contributed by atoms with Gasteiger partial charge in [-0.2, -0.15) is 0 Å². The van der Waals surface area contributed by atoms with Gasteiger partial charge in [0.2, 0.25) is 0 Å². The van der Waals surface area contributed by atoms with Crippen LogP contribution in [0.5, 0.6) is 0 Å². The van der Waals surface area contributed by atoms with E-state index in [1.54, 1.807) is 12.3 Å². The van der Waals surface area contributed by atoms with Crippen molar-refractivity contribution in [1.29, 1.82) is 0 Å². The van der Waals surface area contributed by atoms with Crippen LogP contribution in [0.15, 0.2) is 48.7 Å². The molecule has 0 spiro atoms. The molecule has 27 heavy (non-hydrogen) atoms. The number of pyridine rings is 2. The highest BCUT2D eigenvalue weighted by Crippen LogP contribution is 2.32. The van der Waals surface area contributed by atoms with Crippen molar-refractivity contribution >= 4 is 16.9 Å². The van der Waals surface area contributed by atoms with Gasteiger partial charge in [0.25, 0.3) is 0 Å². The zero-order valence-corrected chi connectivity index (χ0v) is 15.4. The molecule has 0 aliphatic carbocycles. The van der Waals surface area contributed by atoms with E-state index in [9.17, 15) is 4.79 Å². The summed E-state index contributed by atoms with van der Waals surface area (Å²) in [7, 11) is 0. The molecule has 5 heteroatoms. The van der Waals surface area contributed by atoms with Crippen LogP contribution in [0.25, 0.3) is 33.3 Å². The fourth-order valence-corrected chi connectivity index (χ4v) is 3.48. The SMILES string of the molecule is Cc1cc(-c2[nH]c3cc(-c4ccc(C(=O)O)nc4)ccc3c2C)cc(C)n1. The first-order valence-corrected chi connectivity index (χ1v) is 8.70. The molecule has 0 fully saturated rings. The molecule has 0 bridgehead atoms. The molecule has 1 aromatic carbocycles. The van der Waals surface area contributed by atoms with Gasteiger partial charge in [-0.3, -0.25) is 4.98 Å². The van der Waals surface area contributed by atoms with E-state index in [4.69, 9.17) is 5.11 Å². The molecule has 4 rings (SSSR count). The molecule has 3 aromatic heterocycles. The number of nitrogens with zero attached hydrogens (tertiary/aromatic N) is 2. The molecule has 0 amide bonds. The average Bonchev–Trinajstić information content (AvgIpc) is 2.97. The van der Waals surface area contributed by atoms with E-state index >= 15 is 0 Å². The highest BCUT2D eigenvalue weighted by atomic mass is 16.4. The number of fused-ring (bicyclic) bond motifs is 1. The zero-order chi connectivity index (χ0) is 19.1. The number of carboxylic acids is 1. The number of carbonyl (C=O) groups is 1. The second-order valence-electron chi connectivity index (χ2n) is 6.76. The Morgan fingerprint density at radius 3 is 2.26 bits per heavy atom. The number of aromatic amines is 1. The van der Waals surface area contributed by atoms with Crippen molar-refractivity contribution in [3.8, 4) is 22.4 Å². The minimum atomic E-state index is -1.02. The lowest BCUT2D eigenvalue weighted by molar-refractivity contribution is 0.0690. The molecule has 0 saturated carbocycles. The Morgan fingerprint density at radius 1 is 0.926 bits per heavy atom. The van der Waals surface area contributed by atoms with Gasteiger partial charge in [-0.1, -0.05) is 18.2 Å². The fraction of sp³-hybridized carbons (Fsp3) is 0.136. The van der Waals surface area contributed by atoms with Crippen molar-refractivity contribution in [3.05, 3.63) is 71.3 Å². The van der Waals surface area contributed by atoms with Crippen LogP contribution in [0.2, 0.25) is 0 Å². The number of carboxylic acid groups (broad SMARTS) is 1. The summed E-state index contributed by atoms with van der Waals surface area (Å²) < 4.78 is 0. The predicted molar refractivity (Wildman–Crippen MR) is 106 cm³/mol. The Morgan fingerprint density at radius 2 is 1.63 bits per heavy atom. The monoisotopic (exact) mass is 357 g/mol. The van der Waals surface area contributed by atoms with Crippen molar-refractivity contribution < 1.29 is 9.90 Å². The van der Waals surface area contributed by atoms with Crippen LogP contribution in [-0.4, -0.2) is 26.0 Å². The maximum Gasteiger partial charge on any atom is 0.354 e. The summed E-state index contributed by atoms with van der Waals surface area (Å²) in [5.41, 5.74) is 8.35. The van der Waals surface area contributed by atoms with E-state index in [1.807, 2.05) is 19.9 Å². The summed E-state index contributed by atoms with van der Waals surface area (Å²) in [4.78, 5) is 23.0. The molecular weight excluding hydrogens is 338 g/mol. The molecule has 134 valence electrons. The number of benzene rings is 1. The molecule has 3 heterocycles. The molecule has 0 aliphatic heterocycles. The largest absolute Gasteiger partial charge is 0.477 e. The van der Waals surface area contributed by atoms with Crippen LogP contribution in [0.1, 0.15) is 27.4 Å². The first-order chi connectivity index (χ1) is 12.9. The highest BCUT2D eigenvalue weighted by molar-refractivity contribution is 5.93. The molecule has 0 aliphatic rings. The third-order valence-corrected chi connectivity index (χ3v) is 4.74. The Hall–Kier alpha value is -3.47. The molecule has 0 unspecified atom stereocenters. The molecule has 0 atom stereocenters. The van der Waals surface area contributed by atoms with E-state index in [1.165, 1.54) is 11.6 Å². The fourth-order valence-electron chi connectivity index (χ4n) is 3.48. The van der Waals surface area contributed by atoms with Gasteiger partial charge in [0.1, 0.15) is 5.69 Å². The van der Waals surface area contributed by atoms with E-state index in [0.29, 0.717) is 0 Å². The Labute approximate surface area is 156 Å². The lowest BCUT2D eigenvalue weighted by atomic mass is 10.0. The number of H-pyrrole nitrogens is 1. The second kappa shape index (κ2) is 6.36. The Kier molecular flexibility index (Phi) is 4.00. The maximum atomic E-state index is 11.0. The van der Waals surface area contributed by atoms with E-state index in [2.05, 4.69) is 46.1 Å². The maximum absolute atomic E-state index is 11.0. The number of aromatic carboxylic acids is 1. The Bertz CT molecular complexity index is 1150. The molecule has 0 radical (unpaired) electrons. The summed E-state index contributed by atoms with van der Waals surface area (Å²) in [6, 6.07) is 13.7. The smallest absolute Gasteiger partial charge is 0.354 e. The van der Waals surface area contributed by atoms with E-state index < -0.39 is 5.97 Å². The summed E-state index contributed by atoms with van der Waals surface area (Å²) in [6.07, 6.45) is 1.59. The molecule has 2 N–H and O–H groups in total. The van der Waals surface area contributed by atoms with Crippen molar-refractivity contribution in [3.63, 3.8) is 0 Å². The van der Waals surface area contributed by atoms with Gasteiger partial charge in [-0.05, 0) is 56.2 Å². The Balaban J connectivity index is 1.80. The van der Waals surface area contributed by atoms with Gasteiger partial charge in [-0.15, -0.1) is 0 Å². The van der Waals surface area contributed by atoms with Gasteiger partial charge in [0.05, 0.1) is 0 Å². The van der Waals surface area contributed by atoms with Crippen LogP contribution < -0.4 is 0 Å². The first kappa shape index (κ1) is 17.0. The van der Waals surface area contributed by atoms with Gasteiger partial charge in [-0.25, -0.2) is 9.78 Å². The van der Waals surface area contributed by atoms with Gasteiger partial charge < -0.3 is 10.1 Å². The number of hydrogen-bond acceptors (Lipinski definition) is 3. The normalized spacial score (nSPS) is 11.1. The van der Waals surface area contributed by atoms with Crippen LogP contribution in [0, 0.1) is 20.8 Å². The van der Waals surface area contributed by atoms with Crippen molar-refractivity contribution in [2.45, 2.75) is 20.8 Å². The van der Waals surface area contributed by atoms with Crippen LogP contribution >= 0.6 is 0 Å². The van der Waals surface area contributed by atoms with E-state index in [-0.39, 0.29) is 5.69 Å². The minimum absolute atomic E-state index is 0.0428. The molecular formula is C22H19N3O2. The third-order valence-electron chi connectivity index (χ3n) is 4.74. The summed E-state index contributed by atoms with van der Waals surface area (Å²) in [5, 5.41) is 10.2. The van der Waals surface area contributed by atoms with Crippen molar-refractivity contribution in [2.75, 3.05) is 0 Å². The lowest BCUT2D eigenvalue weighted by Crippen LogP contribution is -1.99. The number of hydrogen-bond donors (Lipinski definition) is 2. The predicted octanol–water partition coefficient (Wildman–Crippen LogP) is 4.92. The molecule has 5 nitrogen and oxygen atoms in total. The first-order valence-electron chi connectivity index (χ1n) is 8.70. The minimum Gasteiger partial charge on any atom is -0.477 e. The zero-order valence-electron chi connectivity index (χ0n) is 15.4. The van der Waals surface area contributed by atoms with Gasteiger partial charge >= 0.3 is 5.97 Å². The average molecular weight is 357 g/mol. The third kappa shape index (κ3) is 3.08. The van der Waals surface area contributed by atoms with Crippen molar-refractivity contribution in [2.24, 2.45) is 0 Å². The van der Waals surface area contributed by atoms with Gasteiger partial charge in [0, 0.05) is 45.3 Å². The number of aryl methyl sites for hydroxylation is 3. The number of rotatable bonds is 3. The molecule has 0 saturated heterocycles. The quantitative estimate of drug-likeness (QED) is 0.546. The standard InChI is InChI=1S/C22H19N3O2/c1-12-8-17(9-13(2)24-12)21-14(3)18-6-4-15(10-20(18)25-21)16-5-7-19(22(26)27)23-11-16/h4-11,25H,1-3H3,(H,26,27). The second-order valence-corrected chi connectivity index (χ2v) is 6.76. The topological polar surface area (TPSA) is 78.9 Å². The number of nitrogens with one attached hydrogen (secondary N) is 1. The van der Waals surface area contributed by atoms with Gasteiger partial charge in [0.15, 0.2) is 0 Å². The summed E-state index contributed by atoms with van der Waals surface area (Å²) in [5.74, 6) is -1.02. The highest BCUT2D eigenvalue weighted by Gasteiger charge is 2.12. The summed E-state index contributed by atoms with van der Waals surface area (Å²) in [6.45, 7) is 6.11. The van der Waals surface area contributed by atoms with Crippen molar-refractivity contribution in [1.82, 2.24) is 15.0 Å². The van der Waals surface area contributed by atoms with E-state index in [0.717, 1.165) is 44.7 Å². The summed E-state index contributed by atoms with van der Waals surface area (Å²) >= 11 is 0. The van der Waals surface area contributed by atoms with Crippen LogP contribution in [0.4, 0.5) is 0 Å². The van der Waals surface area contributed by atoms with Crippen LogP contribution in [-0.2, 0) is 0 Å². The lowest BCUT2D eigenvalue weighted by Gasteiger charge is -2.04. The molecule has 4 aromatic rings. The number of aromatic nitrogens is 3.